The maximum atomic E-state index is 6.01. The zero-order chi connectivity index (χ0) is 11.8. The van der Waals surface area contributed by atoms with Crippen LogP contribution in [-0.4, -0.2) is 12.6 Å². The van der Waals surface area contributed by atoms with Crippen LogP contribution in [0.4, 0.5) is 11.4 Å². The van der Waals surface area contributed by atoms with Gasteiger partial charge in [-0.15, -0.1) is 0 Å². The molecule has 0 amide bonds. The van der Waals surface area contributed by atoms with Crippen LogP contribution < -0.4 is 10.6 Å². The summed E-state index contributed by atoms with van der Waals surface area (Å²) < 4.78 is 0. The lowest BCUT2D eigenvalue weighted by Crippen LogP contribution is -2.38. The Morgan fingerprint density at radius 2 is 1.80 bits per heavy atom. The number of anilines is 2. The molecule has 0 atom stereocenters. The molecule has 15 heavy (non-hydrogen) atoms. The van der Waals surface area contributed by atoms with Crippen molar-refractivity contribution in [2.75, 3.05) is 17.7 Å². The molecule has 0 radical (unpaired) electrons. The van der Waals surface area contributed by atoms with Crippen LogP contribution in [0.5, 0.6) is 0 Å². The molecule has 1 aromatic rings. The second-order valence-corrected chi connectivity index (χ2v) is 5.30. The molecule has 2 N–H and O–H groups in total. The summed E-state index contributed by atoms with van der Waals surface area (Å²) in [6, 6.07) is 3.84. The fourth-order valence-electron chi connectivity index (χ4n) is 1.33. The van der Waals surface area contributed by atoms with Gasteiger partial charge >= 0.3 is 0 Å². The molecule has 1 rings (SSSR count). The molecule has 1 aromatic carbocycles. The molecule has 3 heteroatoms. The van der Waals surface area contributed by atoms with E-state index < -0.39 is 0 Å². The SMILES string of the molecule is Cc1cc(N(C)C(C)(C)C)c(N)cc1Cl. The molecule has 0 fully saturated rings. The number of benzene rings is 1. The van der Waals surface area contributed by atoms with E-state index in [-0.39, 0.29) is 5.54 Å². The molecule has 2 nitrogen and oxygen atoms in total. The van der Waals surface area contributed by atoms with Gasteiger partial charge in [-0.25, -0.2) is 0 Å². The topological polar surface area (TPSA) is 29.3 Å². The first-order valence-corrected chi connectivity index (χ1v) is 5.40. The van der Waals surface area contributed by atoms with Gasteiger partial charge in [-0.1, -0.05) is 11.6 Å². The molecule has 0 aromatic heterocycles. The Morgan fingerprint density at radius 3 is 2.27 bits per heavy atom. The van der Waals surface area contributed by atoms with Gasteiger partial charge in [0.1, 0.15) is 0 Å². The Kier molecular flexibility index (Phi) is 3.19. The van der Waals surface area contributed by atoms with Crippen LogP contribution in [0.2, 0.25) is 5.02 Å². The molecule has 0 saturated heterocycles. The van der Waals surface area contributed by atoms with E-state index in [1.807, 2.05) is 26.1 Å². The third-order valence-corrected chi connectivity index (χ3v) is 3.08. The van der Waals surface area contributed by atoms with Crippen LogP contribution >= 0.6 is 11.6 Å². The molecule has 0 heterocycles. The second-order valence-electron chi connectivity index (χ2n) is 4.89. The first kappa shape index (κ1) is 12.2. The lowest BCUT2D eigenvalue weighted by atomic mass is 10.0. The Hall–Kier alpha value is -0.890. The van der Waals surface area contributed by atoms with Crippen molar-refractivity contribution in [1.82, 2.24) is 0 Å². The third-order valence-electron chi connectivity index (χ3n) is 2.68. The predicted molar refractivity (Wildman–Crippen MR) is 68.8 cm³/mol. The maximum Gasteiger partial charge on any atom is 0.0605 e. The summed E-state index contributed by atoms with van der Waals surface area (Å²) in [4.78, 5) is 2.16. The first-order valence-electron chi connectivity index (χ1n) is 5.03. The number of aryl methyl sites for hydroxylation is 1. The van der Waals surface area contributed by atoms with Crippen LogP contribution in [0.15, 0.2) is 12.1 Å². The highest BCUT2D eigenvalue weighted by atomic mass is 35.5. The Morgan fingerprint density at radius 1 is 1.27 bits per heavy atom. The minimum Gasteiger partial charge on any atom is -0.397 e. The number of hydrogen-bond donors (Lipinski definition) is 1. The molecular weight excluding hydrogens is 208 g/mol. The smallest absolute Gasteiger partial charge is 0.0605 e. The van der Waals surface area contributed by atoms with Crippen molar-refractivity contribution in [3.63, 3.8) is 0 Å². The largest absolute Gasteiger partial charge is 0.397 e. The normalized spacial score (nSPS) is 11.6. The highest BCUT2D eigenvalue weighted by Gasteiger charge is 2.19. The molecule has 0 spiro atoms. The summed E-state index contributed by atoms with van der Waals surface area (Å²) >= 11 is 6.01. The van der Waals surface area contributed by atoms with E-state index in [0.717, 1.165) is 22.0 Å². The summed E-state index contributed by atoms with van der Waals surface area (Å²) in [5.74, 6) is 0. The molecule has 0 saturated carbocycles. The highest BCUT2D eigenvalue weighted by Crippen LogP contribution is 2.32. The predicted octanol–water partition coefficient (Wildman–Crippen LogP) is 3.47. The van der Waals surface area contributed by atoms with Gasteiger partial charge < -0.3 is 10.6 Å². The molecular formula is C12H19ClN2. The average molecular weight is 227 g/mol. The van der Waals surface area contributed by atoms with Crippen LogP contribution in [0.1, 0.15) is 26.3 Å². The fraction of sp³-hybridized carbons (Fsp3) is 0.500. The zero-order valence-corrected chi connectivity index (χ0v) is 10.8. The minimum atomic E-state index is 0.0500. The number of nitrogens with zero attached hydrogens (tertiary/aromatic N) is 1. The second kappa shape index (κ2) is 3.93. The Balaban J connectivity index is 3.21. The fourth-order valence-corrected chi connectivity index (χ4v) is 1.51. The Labute approximate surface area is 97.0 Å². The lowest BCUT2D eigenvalue weighted by Gasteiger charge is -2.35. The quantitative estimate of drug-likeness (QED) is 0.744. The minimum absolute atomic E-state index is 0.0500. The van der Waals surface area contributed by atoms with Gasteiger partial charge in [0.15, 0.2) is 0 Å². The Bertz CT molecular complexity index is 367. The number of halogens is 1. The van der Waals surface area contributed by atoms with E-state index in [0.29, 0.717) is 0 Å². The lowest BCUT2D eigenvalue weighted by molar-refractivity contribution is 0.539. The molecule has 0 aliphatic carbocycles. The molecule has 0 aliphatic heterocycles. The molecule has 0 aliphatic rings. The van der Waals surface area contributed by atoms with Crippen LogP contribution in [0.25, 0.3) is 0 Å². The first-order chi connectivity index (χ1) is 6.73. The summed E-state index contributed by atoms with van der Waals surface area (Å²) in [5, 5.41) is 0.721. The van der Waals surface area contributed by atoms with Crippen molar-refractivity contribution in [2.45, 2.75) is 33.2 Å². The van der Waals surface area contributed by atoms with E-state index in [1.54, 1.807) is 0 Å². The van der Waals surface area contributed by atoms with Crippen molar-refractivity contribution in [3.05, 3.63) is 22.7 Å². The monoisotopic (exact) mass is 226 g/mol. The van der Waals surface area contributed by atoms with Crippen LogP contribution in [0, 0.1) is 6.92 Å². The zero-order valence-electron chi connectivity index (χ0n) is 10.1. The highest BCUT2D eigenvalue weighted by molar-refractivity contribution is 6.31. The number of hydrogen-bond acceptors (Lipinski definition) is 2. The van der Waals surface area contributed by atoms with Crippen molar-refractivity contribution in [2.24, 2.45) is 0 Å². The number of nitrogens with two attached hydrogens (primary N) is 1. The number of nitrogen functional groups attached to an aromatic ring is 1. The van der Waals surface area contributed by atoms with Crippen molar-refractivity contribution in [1.29, 1.82) is 0 Å². The van der Waals surface area contributed by atoms with Gasteiger partial charge in [-0.05, 0) is 45.4 Å². The summed E-state index contributed by atoms with van der Waals surface area (Å²) in [6.45, 7) is 8.44. The van der Waals surface area contributed by atoms with Crippen LogP contribution in [-0.2, 0) is 0 Å². The summed E-state index contributed by atoms with van der Waals surface area (Å²) in [5.41, 5.74) is 8.82. The van der Waals surface area contributed by atoms with Gasteiger partial charge in [0, 0.05) is 17.6 Å². The standard InChI is InChI=1S/C12H19ClN2/c1-8-6-11(10(14)7-9(8)13)15(5)12(2,3)4/h6-7H,14H2,1-5H3. The van der Waals surface area contributed by atoms with Gasteiger partial charge in [0.25, 0.3) is 0 Å². The van der Waals surface area contributed by atoms with E-state index in [1.165, 1.54) is 0 Å². The molecule has 0 bridgehead atoms. The third kappa shape index (κ3) is 2.57. The maximum absolute atomic E-state index is 6.01. The van der Waals surface area contributed by atoms with E-state index in [2.05, 4.69) is 25.7 Å². The van der Waals surface area contributed by atoms with E-state index in [9.17, 15) is 0 Å². The van der Waals surface area contributed by atoms with E-state index in [4.69, 9.17) is 17.3 Å². The van der Waals surface area contributed by atoms with Crippen molar-refractivity contribution in [3.8, 4) is 0 Å². The molecule has 84 valence electrons. The molecule has 0 unspecified atom stereocenters. The average Bonchev–Trinajstić information content (AvgIpc) is 2.08. The summed E-state index contributed by atoms with van der Waals surface area (Å²) in [7, 11) is 2.04. The van der Waals surface area contributed by atoms with Crippen molar-refractivity contribution >= 4 is 23.0 Å². The van der Waals surface area contributed by atoms with Crippen molar-refractivity contribution < 1.29 is 0 Å². The van der Waals surface area contributed by atoms with Gasteiger partial charge in [0.05, 0.1) is 11.4 Å². The van der Waals surface area contributed by atoms with Gasteiger partial charge in [0.2, 0.25) is 0 Å². The summed E-state index contributed by atoms with van der Waals surface area (Å²) in [6.07, 6.45) is 0. The van der Waals surface area contributed by atoms with Crippen LogP contribution in [0.3, 0.4) is 0 Å². The van der Waals surface area contributed by atoms with Gasteiger partial charge in [-0.3, -0.25) is 0 Å². The number of rotatable bonds is 1. The van der Waals surface area contributed by atoms with Gasteiger partial charge in [-0.2, -0.15) is 0 Å². The van der Waals surface area contributed by atoms with E-state index >= 15 is 0 Å².